The topological polar surface area (TPSA) is 155 Å². The van der Waals surface area contributed by atoms with Gasteiger partial charge in [0.2, 0.25) is 0 Å². The van der Waals surface area contributed by atoms with Crippen molar-refractivity contribution in [3.63, 3.8) is 0 Å². The molecule has 0 fully saturated rings. The van der Waals surface area contributed by atoms with Crippen LogP contribution in [-0.2, 0) is 21.0 Å². The minimum Gasteiger partial charge on any atom is -0.491 e. The number of nitrogens with one attached hydrogen (secondary N) is 1. The monoisotopic (exact) mass is 403 g/mol. The molecule has 2 atom stereocenters. The first-order chi connectivity index (χ1) is 13.3. The second-order valence-electron chi connectivity index (χ2n) is 6.16. The Bertz CT molecular complexity index is 598. The lowest BCUT2D eigenvalue weighted by atomic mass is 10.2. The molecule has 0 bridgehead atoms. The SMILES string of the molecule is CC(C)NCC(O)COc1ccc(COCC(CO[N+](=O)[O-])O[N+](=O)[O-])cc1. The first-order valence-electron chi connectivity index (χ1n) is 8.55. The standard InChI is InChI=1S/C16H25N3O9/c1-12(2)17-7-14(20)9-26-15-5-3-13(4-6-15)8-25-10-16(28-19(23)24)11-27-18(21)22/h3-6,12,14,16-17,20H,7-11H2,1-2H3. The van der Waals surface area contributed by atoms with Crippen LogP contribution in [-0.4, -0.2) is 59.9 Å². The van der Waals surface area contributed by atoms with Gasteiger partial charge in [0.25, 0.3) is 10.2 Å². The number of nitrogens with zero attached hydrogens (tertiary/aromatic N) is 2. The summed E-state index contributed by atoms with van der Waals surface area (Å²) in [5.74, 6) is 0.571. The molecule has 1 rings (SSSR count). The summed E-state index contributed by atoms with van der Waals surface area (Å²) in [6.07, 6.45) is -1.85. The summed E-state index contributed by atoms with van der Waals surface area (Å²) in [5, 5.41) is 31.3. The first kappa shape index (κ1) is 23.3. The average Bonchev–Trinajstić information content (AvgIpc) is 2.63. The molecule has 0 saturated carbocycles. The number of hydrogen-bond acceptors (Lipinski definition) is 10. The number of benzene rings is 1. The number of aliphatic hydroxyl groups is 1. The van der Waals surface area contributed by atoms with E-state index in [4.69, 9.17) is 9.47 Å². The third kappa shape index (κ3) is 11.1. The van der Waals surface area contributed by atoms with Crippen molar-refractivity contribution in [2.24, 2.45) is 0 Å². The van der Waals surface area contributed by atoms with Crippen molar-refractivity contribution in [1.29, 1.82) is 0 Å². The van der Waals surface area contributed by atoms with Gasteiger partial charge >= 0.3 is 0 Å². The summed E-state index contributed by atoms with van der Waals surface area (Å²) in [7, 11) is 0. The van der Waals surface area contributed by atoms with Gasteiger partial charge in [-0.05, 0) is 17.7 Å². The molecule has 0 aliphatic rings. The number of ether oxygens (including phenoxy) is 2. The van der Waals surface area contributed by atoms with Crippen molar-refractivity contribution in [3.05, 3.63) is 50.1 Å². The van der Waals surface area contributed by atoms with Crippen molar-refractivity contribution in [2.75, 3.05) is 26.4 Å². The Kier molecular flexibility index (Phi) is 10.5. The normalized spacial score (nSPS) is 13.0. The fourth-order valence-corrected chi connectivity index (χ4v) is 1.99. The summed E-state index contributed by atoms with van der Waals surface area (Å²) in [4.78, 5) is 28.9. The van der Waals surface area contributed by atoms with Gasteiger partial charge in [-0.1, -0.05) is 26.0 Å². The van der Waals surface area contributed by atoms with Crippen LogP contribution in [0.25, 0.3) is 0 Å². The van der Waals surface area contributed by atoms with Crippen molar-refractivity contribution in [1.82, 2.24) is 5.32 Å². The molecule has 0 spiro atoms. The summed E-state index contributed by atoms with van der Waals surface area (Å²) >= 11 is 0. The van der Waals surface area contributed by atoms with Crippen LogP contribution in [0.5, 0.6) is 5.75 Å². The Morgan fingerprint density at radius 1 is 1.07 bits per heavy atom. The minimum atomic E-state index is -1.22. The van der Waals surface area contributed by atoms with Crippen LogP contribution in [0.2, 0.25) is 0 Å². The smallest absolute Gasteiger partial charge is 0.294 e. The van der Waals surface area contributed by atoms with E-state index in [9.17, 15) is 25.3 Å². The highest BCUT2D eigenvalue weighted by Crippen LogP contribution is 2.13. The molecule has 12 heteroatoms. The largest absolute Gasteiger partial charge is 0.491 e. The lowest BCUT2D eigenvalue weighted by Crippen LogP contribution is -2.35. The molecule has 0 aliphatic heterocycles. The highest BCUT2D eigenvalue weighted by atomic mass is 17.0. The Balaban J connectivity index is 2.36. The molecule has 1 aromatic carbocycles. The summed E-state index contributed by atoms with van der Waals surface area (Å²) < 4.78 is 10.8. The Morgan fingerprint density at radius 3 is 2.32 bits per heavy atom. The van der Waals surface area contributed by atoms with Crippen LogP contribution in [0.1, 0.15) is 19.4 Å². The van der Waals surface area contributed by atoms with Crippen LogP contribution >= 0.6 is 0 Å². The van der Waals surface area contributed by atoms with Crippen molar-refractivity contribution in [2.45, 2.75) is 38.7 Å². The van der Waals surface area contributed by atoms with Crippen molar-refractivity contribution < 1.29 is 34.4 Å². The lowest BCUT2D eigenvalue weighted by molar-refractivity contribution is -0.790. The Hall–Kier alpha value is -2.70. The molecule has 28 heavy (non-hydrogen) atoms. The zero-order chi connectivity index (χ0) is 20.9. The molecule has 0 saturated heterocycles. The molecular formula is C16H25N3O9. The number of rotatable bonds is 15. The molecule has 2 N–H and O–H groups in total. The third-order valence-corrected chi connectivity index (χ3v) is 3.30. The highest BCUT2D eigenvalue weighted by Gasteiger charge is 2.16. The van der Waals surface area contributed by atoms with Gasteiger partial charge < -0.3 is 29.6 Å². The molecule has 158 valence electrons. The predicted molar refractivity (Wildman–Crippen MR) is 95.6 cm³/mol. The second kappa shape index (κ2) is 12.6. The van der Waals surface area contributed by atoms with E-state index in [1.54, 1.807) is 24.3 Å². The maximum absolute atomic E-state index is 10.4. The minimum absolute atomic E-state index is 0.108. The third-order valence-electron chi connectivity index (χ3n) is 3.30. The Morgan fingerprint density at radius 2 is 1.75 bits per heavy atom. The molecule has 12 nitrogen and oxygen atoms in total. The van der Waals surface area contributed by atoms with Gasteiger partial charge in [0.05, 0.1) is 13.2 Å². The lowest BCUT2D eigenvalue weighted by Gasteiger charge is -2.15. The van der Waals surface area contributed by atoms with E-state index in [-0.39, 0.29) is 25.9 Å². The fourth-order valence-electron chi connectivity index (χ4n) is 1.99. The summed E-state index contributed by atoms with van der Waals surface area (Å²) in [6, 6.07) is 7.12. The van der Waals surface area contributed by atoms with Gasteiger partial charge in [-0.25, -0.2) is 0 Å². The fraction of sp³-hybridized carbons (Fsp3) is 0.625. The van der Waals surface area contributed by atoms with Gasteiger partial charge in [-0.15, -0.1) is 20.2 Å². The maximum atomic E-state index is 10.4. The van der Waals surface area contributed by atoms with Crippen LogP contribution in [0.3, 0.4) is 0 Å². The van der Waals surface area contributed by atoms with Gasteiger partial charge in [0, 0.05) is 12.6 Å². The molecule has 2 unspecified atom stereocenters. The number of hydrogen-bond donors (Lipinski definition) is 2. The average molecular weight is 403 g/mol. The molecule has 0 aromatic heterocycles. The summed E-state index contributed by atoms with van der Waals surface area (Å²) in [6.45, 7) is 3.77. The van der Waals surface area contributed by atoms with Crippen molar-refractivity contribution in [3.8, 4) is 5.75 Å². The first-order valence-corrected chi connectivity index (χ1v) is 8.55. The molecule has 0 amide bonds. The molecule has 0 aliphatic carbocycles. The van der Waals surface area contributed by atoms with E-state index < -0.39 is 29.0 Å². The highest BCUT2D eigenvalue weighted by molar-refractivity contribution is 5.26. The maximum Gasteiger partial charge on any atom is 0.294 e. The van der Waals surface area contributed by atoms with E-state index in [1.165, 1.54) is 0 Å². The van der Waals surface area contributed by atoms with Crippen molar-refractivity contribution >= 4 is 0 Å². The molecule has 1 aromatic rings. The summed E-state index contributed by atoms with van der Waals surface area (Å²) in [5.41, 5.74) is 0.754. The number of aliphatic hydroxyl groups excluding tert-OH is 1. The van der Waals surface area contributed by atoms with Crippen LogP contribution in [0, 0.1) is 20.2 Å². The van der Waals surface area contributed by atoms with E-state index in [1.807, 2.05) is 13.8 Å². The van der Waals surface area contributed by atoms with Crippen LogP contribution in [0.4, 0.5) is 0 Å². The quantitative estimate of drug-likeness (QED) is 0.316. The zero-order valence-electron chi connectivity index (χ0n) is 15.7. The van der Waals surface area contributed by atoms with Gasteiger partial charge in [0.1, 0.15) is 25.1 Å². The van der Waals surface area contributed by atoms with E-state index >= 15 is 0 Å². The van der Waals surface area contributed by atoms with Gasteiger partial charge in [0.15, 0.2) is 6.10 Å². The second-order valence-corrected chi connectivity index (χ2v) is 6.16. The van der Waals surface area contributed by atoms with E-state index in [2.05, 4.69) is 15.0 Å². The Labute approximate surface area is 161 Å². The van der Waals surface area contributed by atoms with Gasteiger partial charge in [-0.3, -0.25) is 0 Å². The van der Waals surface area contributed by atoms with E-state index in [0.717, 1.165) is 5.56 Å². The van der Waals surface area contributed by atoms with Crippen LogP contribution in [0.15, 0.2) is 24.3 Å². The van der Waals surface area contributed by atoms with E-state index in [0.29, 0.717) is 12.3 Å². The molecule has 0 radical (unpaired) electrons. The zero-order valence-corrected chi connectivity index (χ0v) is 15.7. The molecular weight excluding hydrogens is 378 g/mol. The van der Waals surface area contributed by atoms with Gasteiger partial charge in [-0.2, -0.15) is 0 Å². The predicted octanol–water partition coefficient (Wildman–Crippen LogP) is 0.726. The van der Waals surface area contributed by atoms with Crippen LogP contribution < -0.4 is 10.1 Å². The molecule has 0 heterocycles.